The fourth-order valence-corrected chi connectivity index (χ4v) is 2.37. The van der Waals surface area contributed by atoms with E-state index in [1.165, 1.54) is 5.56 Å². The second-order valence-electron chi connectivity index (χ2n) is 5.13. The van der Waals surface area contributed by atoms with Crippen LogP contribution in [0.25, 0.3) is 5.65 Å². The Morgan fingerprint density at radius 3 is 2.59 bits per heavy atom. The van der Waals surface area contributed by atoms with Crippen molar-refractivity contribution in [2.24, 2.45) is 10.2 Å². The molecule has 2 heterocycles. The molecule has 0 aliphatic heterocycles. The average Bonchev–Trinajstić information content (AvgIpc) is 2.88. The minimum absolute atomic E-state index is 0.0458. The van der Waals surface area contributed by atoms with Crippen molar-refractivity contribution in [2.75, 3.05) is 0 Å². The summed E-state index contributed by atoms with van der Waals surface area (Å²) >= 11 is 0. The maximum absolute atomic E-state index is 9.39. The van der Waals surface area contributed by atoms with Gasteiger partial charge < -0.3 is 5.11 Å². The molecule has 0 aliphatic rings. The third-order valence-corrected chi connectivity index (χ3v) is 3.65. The van der Waals surface area contributed by atoms with Gasteiger partial charge in [0.2, 0.25) is 0 Å². The number of hydrogen-bond donors (Lipinski definition) is 1. The molecule has 5 heteroatoms. The summed E-state index contributed by atoms with van der Waals surface area (Å²) < 4.78 is 1.85. The van der Waals surface area contributed by atoms with Gasteiger partial charge in [-0.2, -0.15) is 0 Å². The molecule has 2 aromatic heterocycles. The first kappa shape index (κ1) is 14.4. The lowest BCUT2D eigenvalue weighted by Crippen LogP contribution is -1.90. The van der Waals surface area contributed by atoms with Crippen molar-refractivity contribution in [3.8, 4) is 0 Å². The molecule has 3 rings (SSSR count). The van der Waals surface area contributed by atoms with Crippen molar-refractivity contribution in [1.29, 1.82) is 0 Å². The SMILES string of the molecule is CCc1ccc(N=Nc2c(C)nc3c(CO)cccn23)cc1. The highest BCUT2D eigenvalue weighted by atomic mass is 16.3. The summed E-state index contributed by atoms with van der Waals surface area (Å²) in [5.41, 5.74) is 4.37. The van der Waals surface area contributed by atoms with Gasteiger partial charge in [-0.1, -0.05) is 25.1 Å². The third kappa shape index (κ3) is 2.63. The Hall–Kier alpha value is -2.53. The minimum Gasteiger partial charge on any atom is -0.392 e. The van der Waals surface area contributed by atoms with Crippen molar-refractivity contribution in [3.05, 3.63) is 59.4 Å². The van der Waals surface area contributed by atoms with Crippen LogP contribution in [-0.2, 0) is 13.0 Å². The quantitative estimate of drug-likeness (QED) is 0.736. The van der Waals surface area contributed by atoms with Crippen LogP contribution < -0.4 is 0 Å². The van der Waals surface area contributed by atoms with E-state index in [1.54, 1.807) is 0 Å². The summed E-state index contributed by atoms with van der Waals surface area (Å²) in [6, 6.07) is 11.8. The van der Waals surface area contributed by atoms with Crippen LogP contribution in [0.1, 0.15) is 23.7 Å². The molecule has 1 aromatic carbocycles. The molecular weight excluding hydrogens is 276 g/mol. The minimum atomic E-state index is -0.0458. The number of aromatic nitrogens is 2. The average molecular weight is 294 g/mol. The molecule has 3 aromatic rings. The predicted octanol–water partition coefficient (Wildman–Crippen LogP) is 4.11. The van der Waals surface area contributed by atoms with Gasteiger partial charge >= 0.3 is 0 Å². The number of hydrogen-bond acceptors (Lipinski definition) is 4. The summed E-state index contributed by atoms with van der Waals surface area (Å²) in [6.45, 7) is 3.97. The van der Waals surface area contributed by atoms with Gasteiger partial charge in [0.25, 0.3) is 0 Å². The van der Waals surface area contributed by atoms with Gasteiger partial charge in [-0.05, 0) is 37.1 Å². The first-order valence-electron chi connectivity index (χ1n) is 7.31. The molecule has 5 nitrogen and oxygen atoms in total. The Bertz CT molecular complexity index is 819. The molecule has 0 fully saturated rings. The molecular formula is C17H18N4O. The molecule has 0 bridgehead atoms. The highest BCUT2D eigenvalue weighted by Gasteiger charge is 2.10. The number of imidazole rings is 1. The molecule has 0 amide bonds. The van der Waals surface area contributed by atoms with Crippen LogP contribution in [0.3, 0.4) is 0 Å². The number of aliphatic hydroxyl groups is 1. The molecule has 22 heavy (non-hydrogen) atoms. The molecule has 0 spiro atoms. The highest BCUT2D eigenvalue weighted by Crippen LogP contribution is 2.25. The van der Waals surface area contributed by atoms with Crippen molar-refractivity contribution in [2.45, 2.75) is 26.9 Å². The zero-order valence-corrected chi connectivity index (χ0v) is 12.7. The smallest absolute Gasteiger partial charge is 0.182 e. The number of aryl methyl sites for hydroxylation is 2. The van der Waals surface area contributed by atoms with Crippen molar-refractivity contribution < 1.29 is 5.11 Å². The monoisotopic (exact) mass is 294 g/mol. The largest absolute Gasteiger partial charge is 0.392 e. The van der Waals surface area contributed by atoms with E-state index >= 15 is 0 Å². The summed E-state index contributed by atoms with van der Waals surface area (Å²) in [7, 11) is 0. The lowest BCUT2D eigenvalue weighted by Gasteiger charge is -2.00. The first-order valence-corrected chi connectivity index (χ1v) is 7.31. The molecule has 0 unspecified atom stereocenters. The van der Waals surface area contributed by atoms with Crippen molar-refractivity contribution in [3.63, 3.8) is 0 Å². The predicted molar refractivity (Wildman–Crippen MR) is 85.8 cm³/mol. The highest BCUT2D eigenvalue weighted by molar-refractivity contribution is 5.56. The molecule has 0 aliphatic carbocycles. The molecule has 0 atom stereocenters. The summed E-state index contributed by atoms with van der Waals surface area (Å²) in [6.07, 6.45) is 2.89. The molecule has 0 saturated carbocycles. The van der Waals surface area contributed by atoms with Gasteiger partial charge in [0.05, 0.1) is 18.0 Å². The Labute approximate surface area is 129 Å². The number of benzene rings is 1. The van der Waals surface area contributed by atoms with Crippen LogP contribution in [0, 0.1) is 6.92 Å². The maximum Gasteiger partial charge on any atom is 0.182 e. The number of pyridine rings is 1. The van der Waals surface area contributed by atoms with Gasteiger partial charge in [-0.25, -0.2) is 4.98 Å². The van der Waals surface area contributed by atoms with E-state index in [0.29, 0.717) is 5.82 Å². The number of azo groups is 1. The lowest BCUT2D eigenvalue weighted by atomic mass is 10.2. The second-order valence-corrected chi connectivity index (χ2v) is 5.13. The topological polar surface area (TPSA) is 62.2 Å². The van der Waals surface area contributed by atoms with Gasteiger partial charge in [0.1, 0.15) is 5.65 Å². The third-order valence-electron chi connectivity index (χ3n) is 3.65. The van der Waals surface area contributed by atoms with Gasteiger partial charge in [0.15, 0.2) is 5.82 Å². The van der Waals surface area contributed by atoms with Crippen LogP contribution in [0.4, 0.5) is 11.5 Å². The number of fused-ring (bicyclic) bond motifs is 1. The summed E-state index contributed by atoms with van der Waals surface area (Å²) in [4.78, 5) is 4.47. The standard InChI is InChI=1S/C17H18N4O/c1-3-13-6-8-15(9-7-13)19-20-16-12(2)18-17-14(11-22)5-4-10-21(16)17/h4-10,22H,3,11H2,1-2H3. The number of aliphatic hydroxyl groups excluding tert-OH is 1. The van der Waals surface area contributed by atoms with Gasteiger partial charge in [-0.15, -0.1) is 10.2 Å². The fourth-order valence-electron chi connectivity index (χ4n) is 2.37. The molecule has 112 valence electrons. The van der Waals surface area contributed by atoms with E-state index in [0.717, 1.165) is 29.0 Å². The number of nitrogens with zero attached hydrogens (tertiary/aromatic N) is 4. The van der Waals surface area contributed by atoms with E-state index < -0.39 is 0 Å². The zero-order valence-electron chi connectivity index (χ0n) is 12.7. The Morgan fingerprint density at radius 2 is 1.91 bits per heavy atom. The van der Waals surface area contributed by atoms with E-state index in [1.807, 2.05) is 41.8 Å². The van der Waals surface area contributed by atoms with Crippen molar-refractivity contribution >= 4 is 17.2 Å². The second kappa shape index (κ2) is 6.07. The maximum atomic E-state index is 9.39. The number of rotatable bonds is 4. The fraction of sp³-hybridized carbons (Fsp3) is 0.235. The van der Waals surface area contributed by atoms with Crippen LogP contribution in [-0.4, -0.2) is 14.5 Å². The molecule has 1 N–H and O–H groups in total. The Morgan fingerprint density at radius 1 is 1.14 bits per heavy atom. The van der Waals surface area contributed by atoms with Crippen molar-refractivity contribution in [1.82, 2.24) is 9.38 Å². The van der Waals surface area contributed by atoms with E-state index in [2.05, 4.69) is 34.3 Å². The van der Waals surface area contributed by atoms with E-state index in [9.17, 15) is 5.11 Å². The van der Waals surface area contributed by atoms with E-state index in [4.69, 9.17) is 0 Å². The molecule has 0 radical (unpaired) electrons. The summed E-state index contributed by atoms with van der Waals surface area (Å²) in [5, 5.41) is 18.0. The normalized spacial score (nSPS) is 11.6. The van der Waals surface area contributed by atoms with E-state index in [-0.39, 0.29) is 6.61 Å². The van der Waals surface area contributed by atoms with Crippen LogP contribution in [0.2, 0.25) is 0 Å². The van der Waals surface area contributed by atoms with Gasteiger partial charge in [0, 0.05) is 11.8 Å². The molecule has 0 saturated heterocycles. The first-order chi connectivity index (χ1) is 10.7. The Kier molecular flexibility index (Phi) is 3.98. The Balaban J connectivity index is 1.99. The van der Waals surface area contributed by atoms with Crippen LogP contribution >= 0.6 is 0 Å². The van der Waals surface area contributed by atoms with Crippen LogP contribution in [0.5, 0.6) is 0 Å². The zero-order chi connectivity index (χ0) is 15.5. The van der Waals surface area contributed by atoms with Gasteiger partial charge in [-0.3, -0.25) is 4.40 Å². The lowest BCUT2D eigenvalue weighted by molar-refractivity contribution is 0.282. The summed E-state index contributed by atoms with van der Waals surface area (Å²) in [5.74, 6) is 0.685. The van der Waals surface area contributed by atoms with Crippen LogP contribution in [0.15, 0.2) is 52.8 Å².